The Bertz CT molecular complexity index is 533. The van der Waals surface area contributed by atoms with Crippen LogP contribution in [0.25, 0.3) is 11.4 Å². The minimum atomic E-state index is 0.488. The molecule has 0 spiro atoms. The lowest BCUT2D eigenvalue weighted by molar-refractivity contribution is 0.756. The van der Waals surface area contributed by atoms with Gasteiger partial charge in [0, 0.05) is 18.9 Å². The van der Waals surface area contributed by atoms with E-state index in [2.05, 4.69) is 22.0 Å². The SMILES string of the molecule is CCCc1cc(Cl)nc(-c2cn(C)nc2C)n1. The van der Waals surface area contributed by atoms with Gasteiger partial charge in [0.15, 0.2) is 5.82 Å². The maximum absolute atomic E-state index is 6.02. The van der Waals surface area contributed by atoms with E-state index in [0.717, 1.165) is 29.8 Å². The molecular weight excluding hydrogens is 236 g/mol. The summed E-state index contributed by atoms with van der Waals surface area (Å²) in [5.41, 5.74) is 2.83. The summed E-state index contributed by atoms with van der Waals surface area (Å²) < 4.78 is 1.76. The first-order valence-electron chi connectivity index (χ1n) is 5.64. The van der Waals surface area contributed by atoms with Crippen LogP contribution < -0.4 is 0 Å². The number of hydrogen-bond donors (Lipinski definition) is 0. The van der Waals surface area contributed by atoms with Crippen LogP contribution in [0.2, 0.25) is 5.15 Å². The molecule has 0 N–H and O–H groups in total. The lowest BCUT2D eigenvalue weighted by Gasteiger charge is -2.03. The number of hydrogen-bond acceptors (Lipinski definition) is 3. The molecule has 17 heavy (non-hydrogen) atoms. The number of nitrogens with zero attached hydrogens (tertiary/aromatic N) is 4. The Morgan fingerprint density at radius 1 is 1.35 bits per heavy atom. The highest BCUT2D eigenvalue weighted by atomic mass is 35.5. The minimum Gasteiger partial charge on any atom is -0.275 e. The van der Waals surface area contributed by atoms with Gasteiger partial charge < -0.3 is 0 Å². The van der Waals surface area contributed by atoms with Gasteiger partial charge in [0.05, 0.1) is 11.3 Å². The van der Waals surface area contributed by atoms with Crippen molar-refractivity contribution in [1.29, 1.82) is 0 Å². The summed E-state index contributed by atoms with van der Waals surface area (Å²) in [7, 11) is 1.88. The quantitative estimate of drug-likeness (QED) is 0.787. The van der Waals surface area contributed by atoms with E-state index in [-0.39, 0.29) is 0 Å². The second-order valence-electron chi connectivity index (χ2n) is 4.06. The molecule has 2 rings (SSSR count). The molecule has 2 aromatic rings. The average Bonchev–Trinajstić information content (AvgIpc) is 2.57. The highest BCUT2D eigenvalue weighted by Gasteiger charge is 2.11. The molecule has 0 aliphatic rings. The molecule has 0 radical (unpaired) electrons. The minimum absolute atomic E-state index is 0.488. The third kappa shape index (κ3) is 2.64. The Hall–Kier alpha value is -1.42. The normalized spacial score (nSPS) is 10.8. The number of halogens is 1. The molecule has 0 saturated heterocycles. The fraction of sp³-hybridized carbons (Fsp3) is 0.417. The van der Waals surface area contributed by atoms with Gasteiger partial charge in [-0.15, -0.1) is 0 Å². The summed E-state index contributed by atoms with van der Waals surface area (Å²) in [4.78, 5) is 8.78. The Morgan fingerprint density at radius 3 is 2.71 bits per heavy atom. The van der Waals surface area contributed by atoms with Crippen LogP contribution in [-0.4, -0.2) is 19.7 Å². The Kier molecular flexibility index (Phi) is 3.43. The van der Waals surface area contributed by atoms with Gasteiger partial charge in [-0.3, -0.25) is 4.68 Å². The van der Waals surface area contributed by atoms with E-state index in [9.17, 15) is 0 Å². The highest BCUT2D eigenvalue weighted by molar-refractivity contribution is 6.29. The zero-order valence-corrected chi connectivity index (χ0v) is 11.0. The summed E-state index contributed by atoms with van der Waals surface area (Å²) in [6.07, 6.45) is 3.87. The molecule has 0 bridgehead atoms. The van der Waals surface area contributed by atoms with Crippen LogP contribution >= 0.6 is 11.6 Å². The van der Waals surface area contributed by atoms with Crippen molar-refractivity contribution in [3.05, 3.63) is 28.8 Å². The van der Waals surface area contributed by atoms with Crippen LogP contribution in [0.5, 0.6) is 0 Å². The van der Waals surface area contributed by atoms with Crippen molar-refractivity contribution in [3.63, 3.8) is 0 Å². The van der Waals surface area contributed by atoms with Crippen molar-refractivity contribution >= 4 is 11.6 Å². The number of aryl methyl sites for hydroxylation is 3. The average molecular weight is 251 g/mol. The molecule has 0 aliphatic carbocycles. The van der Waals surface area contributed by atoms with Crippen LogP contribution in [0.4, 0.5) is 0 Å². The third-order valence-corrected chi connectivity index (χ3v) is 2.70. The van der Waals surface area contributed by atoms with Crippen molar-refractivity contribution in [2.75, 3.05) is 0 Å². The summed E-state index contributed by atoms with van der Waals surface area (Å²) >= 11 is 6.02. The van der Waals surface area contributed by atoms with E-state index in [0.29, 0.717) is 11.0 Å². The first kappa shape index (κ1) is 12.0. The first-order valence-corrected chi connectivity index (χ1v) is 6.02. The summed E-state index contributed by atoms with van der Waals surface area (Å²) in [5.74, 6) is 0.659. The molecule has 0 aromatic carbocycles. The Labute approximate surface area is 106 Å². The predicted octanol–water partition coefficient (Wildman–Crippen LogP) is 2.79. The molecule has 2 aromatic heterocycles. The Balaban J connectivity index is 2.48. The monoisotopic (exact) mass is 250 g/mol. The molecule has 0 saturated carbocycles. The molecule has 0 aliphatic heterocycles. The van der Waals surface area contributed by atoms with Gasteiger partial charge in [-0.05, 0) is 19.4 Å². The summed E-state index contributed by atoms with van der Waals surface area (Å²) in [6.45, 7) is 4.06. The van der Waals surface area contributed by atoms with Crippen LogP contribution in [0.15, 0.2) is 12.3 Å². The molecular formula is C12H15ClN4. The molecule has 4 nitrogen and oxygen atoms in total. The maximum atomic E-state index is 6.02. The van der Waals surface area contributed by atoms with Crippen molar-refractivity contribution in [3.8, 4) is 11.4 Å². The lowest BCUT2D eigenvalue weighted by atomic mass is 10.2. The number of rotatable bonds is 3. The van der Waals surface area contributed by atoms with Gasteiger partial charge >= 0.3 is 0 Å². The van der Waals surface area contributed by atoms with Gasteiger partial charge in [0.25, 0.3) is 0 Å². The lowest BCUT2D eigenvalue weighted by Crippen LogP contribution is -1.96. The highest BCUT2D eigenvalue weighted by Crippen LogP contribution is 2.21. The fourth-order valence-electron chi connectivity index (χ4n) is 1.79. The molecule has 0 unspecified atom stereocenters. The second kappa shape index (κ2) is 4.84. The zero-order chi connectivity index (χ0) is 12.4. The van der Waals surface area contributed by atoms with E-state index in [4.69, 9.17) is 11.6 Å². The van der Waals surface area contributed by atoms with E-state index < -0.39 is 0 Å². The molecule has 5 heteroatoms. The third-order valence-electron chi connectivity index (χ3n) is 2.51. The van der Waals surface area contributed by atoms with Gasteiger partial charge in [-0.25, -0.2) is 9.97 Å². The van der Waals surface area contributed by atoms with Crippen LogP contribution in [0.3, 0.4) is 0 Å². The van der Waals surface area contributed by atoms with Crippen LogP contribution in [-0.2, 0) is 13.5 Å². The van der Waals surface area contributed by atoms with E-state index in [1.807, 2.05) is 26.2 Å². The first-order chi connectivity index (χ1) is 8.10. The van der Waals surface area contributed by atoms with E-state index in [1.54, 1.807) is 4.68 Å². The summed E-state index contributed by atoms with van der Waals surface area (Å²) in [6, 6.07) is 1.82. The largest absolute Gasteiger partial charge is 0.275 e. The van der Waals surface area contributed by atoms with Crippen molar-refractivity contribution in [2.45, 2.75) is 26.7 Å². The zero-order valence-electron chi connectivity index (χ0n) is 10.2. The van der Waals surface area contributed by atoms with Crippen molar-refractivity contribution in [1.82, 2.24) is 19.7 Å². The standard InChI is InChI=1S/C12H15ClN4/c1-4-5-9-6-11(13)15-12(14-9)10-7-17(3)16-8(10)2/h6-7H,4-5H2,1-3H3. The van der Waals surface area contributed by atoms with E-state index >= 15 is 0 Å². The van der Waals surface area contributed by atoms with Gasteiger partial charge in [0.2, 0.25) is 0 Å². The van der Waals surface area contributed by atoms with Crippen LogP contribution in [0.1, 0.15) is 24.7 Å². The van der Waals surface area contributed by atoms with Crippen molar-refractivity contribution < 1.29 is 0 Å². The van der Waals surface area contributed by atoms with Crippen molar-refractivity contribution in [2.24, 2.45) is 7.05 Å². The fourth-order valence-corrected chi connectivity index (χ4v) is 1.99. The van der Waals surface area contributed by atoms with Gasteiger partial charge in [-0.1, -0.05) is 24.9 Å². The predicted molar refractivity (Wildman–Crippen MR) is 68.0 cm³/mol. The Morgan fingerprint density at radius 2 is 2.12 bits per heavy atom. The smallest absolute Gasteiger partial charge is 0.164 e. The topological polar surface area (TPSA) is 43.6 Å². The summed E-state index contributed by atoms with van der Waals surface area (Å²) in [5, 5.41) is 4.77. The van der Waals surface area contributed by atoms with E-state index in [1.165, 1.54) is 0 Å². The number of aromatic nitrogens is 4. The molecule has 0 fully saturated rings. The van der Waals surface area contributed by atoms with Gasteiger partial charge in [-0.2, -0.15) is 5.10 Å². The molecule has 90 valence electrons. The van der Waals surface area contributed by atoms with Crippen LogP contribution in [0, 0.1) is 6.92 Å². The molecule has 2 heterocycles. The second-order valence-corrected chi connectivity index (χ2v) is 4.44. The molecule has 0 amide bonds. The van der Waals surface area contributed by atoms with Gasteiger partial charge in [0.1, 0.15) is 5.15 Å². The maximum Gasteiger partial charge on any atom is 0.164 e. The molecule has 0 atom stereocenters.